The second-order valence-corrected chi connectivity index (χ2v) is 10.5. The first-order valence-corrected chi connectivity index (χ1v) is 13.6. The van der Waals surface area contributed by atoms with Crippen molar-refractivity contribution in [1.29, 1.82) is 0 Å². The van der Waals surface area contributed by atoms with Crippen molar-refractivity contribution < 1.29 is 8.42 Å². The van der Waals surface area contributed by atoms with Crippen LogP contribution >= 0.6 is 11.8 Å². The molecule has 9 nitrogen and oxygen atoms in total. The molecule has 0 radical (unpaired) electrons. The van der Waals surface area contributed by atoms with Crippen molar-refractivity contribution in [3.63, 3.8) is 0 Å². The maximum absolute atomic E-state index is 11.8. The van der Waals surface area contributed by atoms with E-state index in [-0.39, 0.29) is 4.90 Å². The summed E-state index contributed by atoms with van der Waals surface area (Å²) >= 11 is 1.84. The van der Waals surface area contributed by atoms with Gasteiger partial charge in [-0.05, 0) is 68.2 Å². The van der Waals surface area contributed by atoms with Crippen molar-refractivity contribution in [2.75, 3.05) is 22.6 Å². The third-order valence-corrected chi connectivity index (χ3v) is 7.10. The van der Waals surface area contributed by atoms with Crippen LogP contribution in [0.1, 0.15) is 17.5 Å². The first-order valence-electron chi connectivity index (χ1n) is 10.7. The summed E-state index contributed by atoms with van der Waals surface area (Å²) in [5, 5.41) is 17.3. The molecule has 11 heteroatoms. The van der Waals surface area contributed by atoms with Gasteiger partial charge in [0.05, 0.1) is 16.6 Å². The Morgan fingerprint density at radius 1 is 1.03 bits per heavy atom. The van der Waals surface area contributed by atoms with Crippen molar-refractivity contribution >= 4 is 55.8 Å². The zero-order valence-corrected chi connectivity index (χ0v) is 20.9. The van der Waals surface area contributed by atoms with Crippen LogP contribution < -0.4 is 15.8 Å². The summed E-state index contributed by atoms with van der Waals surface area (Å²) < 4.78 is 25.7. The van der Waals surface area contributed by atoms with E-state index < -0.39 is 10.0 Å². The molecule has 0 aliphatic carbocycles. The Kier molecular flexibility index (Phi) is 7.05. The number of hydrogen-bond donors (Lipinski definition) is 3. The maximum Gasteiger partial charge on any atom is 0.238 e. The van der Waals surface area contributed by atoms with Crippen LogP contribution in [0.3, 0.4) is 0 Å². The molecule has 34 heavy (non-hydrogen) atoms. The molecule has 178 valence electrons. The third-order valence-electron chi connectivity index (χ3n) is 5.35. The Morgan fingerprint density at radius 3 is 2.56 bits per heavy atom. The smallest absolute Gasteiger partial charge is 0.238 e. The van der Waals surface area contributed by atoms with E-state index >= 15 is 0 Å². The third kappa shape index (κ3) is 5.49. The predicted molar refractivity (Wildman–Crippen MR) is 139 cm³/mol. The van der Waals surface area contributed by atoms with Gasteiger partial charge in [-0.25, -0.2) is 18.5 Å². The summed E-state index contributed by atoms with van der Waals surface area (Å²) in [6, 6.07) is 11.0. The Hall–Kier alpha value is -3.15. The number of nitrogens with two attached hydrogens (primary N) is 1. The zero-order chi connectivity index (χ0) is 24.3. The highest BCUT2D eigenvalue weighted by molar-refractivity contribution is 7.98. The molecule has 0 aliphatic rings. The van der Waals surface area contributed by atoms with E-state index in [2.05, 4.69) is 38.0 Å². The highest BCUT2D eigenvalue weighted by Gasteiger charge is 2.13. The van der Waals surface area contributed by atoms with Crippen LogP contribution in [0.2, 0.25) is 0 Å². The predicted octanol–water partition coefficient (Wildman–Crippen LogP) is 4.33. The van der Waals surface area contributed by atoms with E-state index in [0.717, 1.165) is 40.9 Å². The lowest BCUT2D eigenvalue weighted by Gasteiger charge is -2.12. The van der Waals surface area contributed by atoms with E-state index in [1.165, 1.54) is 6.07 Å². The lowest BCUT2D eigenvalue weighted by atomic mass is 10.2. The van der Waals surface area contributed by atoms with Crippen LogP contribution in [0.5, 0.6) is 0 Å². The summed E-state index contributed by atoms with van der Waals surface area (Å²) in [6.07, 6.45) is 6.76. The highest BCUT2D eigenvalue weighted by Crippen LogP contribution is 2.25. The number of nitrogens with zero attached hydrogens (tertiary/aromatic N) is 4. The van der Waals surface area contributed by atoms with E-state index in [4.69, 9.17) is 5.14 Å². The summed E-state index contributed by atoms with van der Waals surface area (Å²) in [6.45, 7) is 4.50. The molecule has 0 amide bonds. The van der Waals surface area contributed by atoms with Crippen molar-refractivity contribution in [3.8, 4) is 0 Å². The normalized spacial score (nSPS) is 11.6. The molecule has 0 spiro atoms. The number of benzene rings is 2. The molecule has 0 aliphatic heterocycles. The molecule has 0 saturated heterocycles. The molecule has 2 heterocycles. The number of aryl methyl sites for hydroxylation is 3. The van der Waals surface area contributed by atoms with Gasteiger partial charge in [-0.1, -0.05) is 6.07 Å². The van der Waals surface area contributed by atoms with Gasteiger partial charge >= 0.3 is 0 Å². The molecule has 0 bridgehead atoms. The van der Waals surface area contributed by atoms with Crippen molar-refractivity contribution in [2.24, 2.45) is 5.14 Å². The molecule has 2 aromatic carbocycles. The standard InChI is InChI=1S/C23H27N7O2S2/c1-15-5-6-19(12-21(15)34(24,31)32)28-23-25-13-16(2)22(29-23)27-18-7-8-20-17(11-18)14-26-30(20)9-4-10-33-3/h5-8,11-14H,4,9-10H2,1-3H3,(H2,24,31,32)(H2,25,27,28,29). The number of rotatable bonds is 9. The second-order valence-electron chi connectivity index (χ2n) is 7.99. The SMILES string of the molecule is CSCCCn1ncc2cc(Nc3nc(Nc4ccc(C)c(S(N)(=O)=O)c4)ncc3C)ccc21. The molecular formula is C23H27N7O2S2. The number of primary sulfonamides is 1. The van der Waals surface area contributed by atoms with Crippen molar-refractivity contribution in [2.45, 2.75) is 31.7 Å². The second kappa shape index (κ2) is 10.00. The molecule has 2 aromatic heterocycles. The van der Waals surface area contributed by atoms with Gasteiger partial charge in [0.2, 0.25) is 16.0 Å². The Morgan fingerprint density at radius 2 is 1.79 bits per heavy atom. The average Bonchev–Trinajstić information content (AvgIpc) is 3.19. The summed E-state index contributed by atoms with van der Waals surface area (Å²) in [5.41, 5.74) is 3.95. The topological polar surface area (TPSA) is 128 Å². The van der Waals surface area contributed by atoms with Gasteiger partial charge in [0.1, 0.15) is 5.82 Å². The number of sulfonamides is 1. The molecular weight excluding hydrogens is 470 g/mol. The zero-order valence-electron chi connectivity index (χ0n) is 19.2. The molecule has 0 saturated carbocycles. The van der Waals surface area contributed by atoms with Gasteiger partial charge in [-0.15, -0.1) is 0 Å². The van der Waals surface area contributed by atoms with E-state index in [1.807, 2.05) is 41.7 Å². The largest absolute Gasteiger partial charge is 0.340 e. The maximum atomic E-state index is 11.8. The number of fused-ring (bicyclic) bond motifs is 1. The summed E-state index contributed by atoms with van der Waals surface area (Å²) in [4.78, 5) is 8.96. The molecule has 0 fully saturated rings. The van der Waals surface area contributed by atoms with Gasteiger partial charge in [0.25, 0.3) is 0 Å². The van der Waals surface area contributed by atoms with Gasteiger partial charge in [0, 0.05) is 35.1 Å². The molecule has 0 unspecified atom stereocenters. The molecule has 4 aromatic rings. The first kappa shape index (κ1) is 24.0. The minimum absolute atomic E-state index is 0.0604. The fourth-order valence-corrected chi connectivity index (χ4v) is 4.81. The summed E-state index contributed by atoms with van der Waals surface area (Å²) in [5.74, 6) is 2.08. The summed E-state index contributed by atoms with van der Waals surface area (Å²) in [7, 11) is -3.83. The van der Waals surface area contributed by atoms with Crippen molar-refractivity contribution in [1.82, 2.24) is 19.7 Å². The number of thioether (sulfide) groups is 1. The average molecular weight is 498 g/mol. The minimum Gasteiger partial charge on any atom is -0.340 e. The lowest BCUT2D eigenvalue weighted by Crippen LogP contribution is -2.14. The Bertz CT molecular complexity index is 1430. The Balaban J connectivity index is 1.54. The van der Waals surface area contributed by atoms with E-state index in [0.29, 0.717) is 23.0 Å². The van der Waals surface area contributed by atoms with Crippen LogP contribution in [0.15, 0.2) is 53.7 Å². The van der Waals surface area contributed by atoms with E-state index in [9.17, 15) is 8.42 Å². The van der Waals surface area contributed by atoms with Crippen LogP contribution in [-0.4, -0.2) is 40.2 Å². The quantitative estimate of drug-likeness (QED) is 0.292. The Labute approximate surface area is 203 Å². The van der Waals surface area contributed by atoms with Gasteiger partial charge in [-0.2, -0.15) is 21.8 Å². The fourth-order valence-electron chi connectivity index (χ4n) is 3.58. The molecule has 0 atom stereocenters. The number of anilines is 4. The first-order chi connectivity index (χ1) is 16.2. The fraction of sp³-hybridized carbons (Fsp3) is 0.261. The number of nitrogens with one attached hydrogen (secondary N) is 2. The molecule has 4 rings (SSSR count). The van der Waals surface area contributed by atoms with Crippen molar-refractivity contribution in [3.05, 3.63) is 59.9 Å². The van der Waals surface area contributed by atoms with E-state index in [1.54, 1.807) is 25.3 Å². The van der Waals surface area contributed by atoms with Crippen LogP contribution in [0.25, 0.3) is 10.9 Å². The monoisotopic (exact) mass is 497 g/mol. The van der Waals surface area contributed by atoms with Gasteiger partial charge in [0.15, 0.2) is 0 Å². The molecule has 4 N–H and O–H groups in total. The number of hydrogen-bond acceptors (Lipinski definition) is 8. The minimum atomic E-state index is -3.83. The van der Waals surface area contributed by atoms with Gasteiger partial charge in [-0.3, -0.25) is 4.68 Å². The van der Waals surface area contributed by atoms with Gasteiger partial charge < -0.3 is 10.6 Å². The van der Waals surface area contributed by atoms with Crippen LogP contribution in [0.4, 0.5) is 23.1 Å². The lowest BCUT2D eigenvalue weighted by molar-refractivity contribution is 0.597. The van der Waals surface area contributed by atoms with Crippen LogP contribution in [0, 0.1) is 13.8 Å². The highest BCUT2D eigenvalue weighted by atomic mass is 32.2. The number of aromatic nitrogens is 4. The van der Waals surface area contributed by atoms with Crippen LogP contribution in [-0.2, 0) is 16.6 Å².